The van der Waals surface area contributed by atoms with Crippen molar-refractivity contribution in [1.82, 2.24) is 5.32 Å². The fourth-order valence-corrected chi connectivity index (χ4v) is 1.85. The van der Waals surface area contributed by atoms with Gasteiger partial charge in [0.15, 0.2) is 0 Å². The van der Waals surface area contributed by atoms with Gasteiger partial charge in [0.2, 0.25) is 0 Å². The van der Waals surface area contributed by atoms with Crippen molar-refractivity contribution < 1.29 is 8.42 Å². The van der Waals surface area contributed by atoms with Gasteiger partial charge in [-0.3, -0.25) is 0 Å². The monoisotopic (exact) mass is 227 g/mol. The van der Waals surface area contributed by atoms with Gasteiger partial charge in [-0.15, -0.1) is 11.6 Å². The summed E-state index contributed by atoms with van der Waals surface area (Å²) < 4.78 is 21.6. The zero-order valence-corrected chi connectivity index (χ0v) is 9.95. The van der Waals surface area contributed by atoms with E-state index in [2.05, 4.69) is 19.2 Å². The summed E-state index contributed by atoms with van der Waals surface area (Å²) in [6, 6.07) is 0.198. The van der Waals surface area contributed by atoms with Gasteiger partial charge in [-0.1, -0.05) is 13.8 Å². The van der Waals surface area contributed by atoms with Crippen LogP contribution in [0.5, 0.6) is 0 Å². The quantitative estimate of drug-likeness (QED) is 0.686. The Morgan fingerprint density at radius 3 is 2.23 bits per heavy atom. The molecule has 0 amide bonds. The Balaban J connectivity index is 3.74. The average molecular weight is 228 g/mol. The molecule has 0 aliphatic rings. The lowest BCUT2D eigenvalue weighted by Gasteiger charge is -2.19. The molecule has 5 heteroatoms. The molecule has 0 aromatic rings. The maximum absolute atomic E-state index is 10.8. The molecule has 0 spiro atoms. The van der Waals surface area contributed by atoms with E-state index in [-0.39, 0.29) is 11.8 Å². The average Bonchev–Trinajstić information content (AvgIpc) is 1.95. The second-order valence-electron chi connectivity index (χ2n) is 3.59. The third-order valence-corrected chi connectivity index (χ3v) is 3.13. The first-order valence-corrected chi connectivity index (χ1v) is 6.93. The van der Waals surface area contributed by atoms with E-state index in [0.29, 0.717) is 18.3 Å². The SMILES string of the molecule is CC(C)C(CCl)NCCS(C)(=O)=O. The molecule has 0 saturated heterocycles. The molecule has 0 fully saturated rings. The molecule has 0 heterocycles. The van der Waals surface area contributed by atoms with Crippen LogP contribution in [0.15, 0.2) is 0 Å². The second-order valence-corrected chi connectivity index (χ2v) is 6.16. The molecule has 1 atom stereocenters. The van der Waals surface area contributed by atoms with Crippen molar-refractivity contribution >= 4 is 21.4 Å². The van der Waals surface area contributed by atoms with Crippen molar-refractivity contribution in [2.24, 2.45) is 5.92 Å². The first-order chi connectivity index (χ1) is 5.87. The lowest BCUT2D eigenvalue weighted by Crippen LogP contribution is -2.38. The Hall–Kier alpha value is 0.200. The van der Waals surface area contributed by atoms with Gasteiger partial charge in [0.05, 0.1) is 5.75 Å². The van der Waals surface area contributed by atoms with Crippen molar-refractivity contribution in [2.75, 3.05) is 24.4 Å². The summed E-state index contributed by atoms with van der Waals surface area (Å²) >= 11 is 5.70. The summed E-state index contributed by atoms with van der Waals surface area (Å²) in [6.45, 7) is 4.59. The van der Waals surface area contributed by atoms with E-state index in [1.807, 2.05) is 0 Å². The van der Waals surface area contributed by atoms with Crippen LogP contribution in [0.4, 0.5) is 0 Å². The largest absolute Gasteiger partial charge is 0.312 e. The van der Waals surface area contributed by atoms with Gasteiger partial charge in [-0.05, 0) is 5.92 Å². The molecule has 0 rings (SSSR count). The van der Waals surface area contributed by atoms with Crippen molar-refractivity contribution in [2.45, 2.75) is 19.9 Å². The van der Waals surface area contributed by atoms with Gasteiger partial charge in [-0.25, -0.2) is 8.42 Å². The smallest absolute Gasteiger partial charge is 0.148 e. The van der Waals surface area contributed by atoms with E-state index < -0.39 is 9.84 Å². The predicted molar refractivity (Wildman–Crippen MR) is 57.1 cm³/mol. The maximum Gasteiger partial charge on any atom is 0.148 e. The molecule has 0 aliphatic heterocycles. The number of halogens is 1. The zero-order chi connectivity index (χ0) is 10.5. The molecule has 3 nitrogen and oxygen atoms in total. The topological polar surface area (TPSA) is 46.2 Å². The summed E-state index contributed by atoms with van der Waals surface area (Å²) in [5.41, 5.74) is 0. The minimum absolute atomic E-state index is 0.174. The van der Waals surface area contributed by atoms with E-state index in [1.165, 1.54) is 6.26 Å². The van der Waals surface area contributed by atoms with Crippen LogP contribution in [0.3, 0.4) is 0 Å². The van der Waals surface area contributed by atoms with Gasteiger partial charge in [0, 0.05) is 24.7 Å². The molecule has 13 heavy (non-hydrogen) atoms. The number of nitrogens with one attached hydrogen (secondary N) is 1. The third kappa shape index (κ3) is 7.28. The Labute approximate surface area is 85.8 Å². The van der Waals surface area contributed by atoms with Crippen molar-refractivity contribution in [1.29, 1.82) is 0 Å². The zero-order valence-electron chi connectivity index (χ0n) is 8.38. The lowest BCUT2D eigenvalue weighted by atomic mass is 10.1. The van der Waals surface area contributed by atoms with E-state index in [9.17, 15) is 8.42 Å². The van der Waals surface area contributed by atoms with Crippen LogP contribution in [0.25, 0.3) is 0 Å². The van der Waals surface area contributed by atoms with Gasteiger partial charge in [0.1, 0.15) is 9.84 Å². The van der Waals surface area contributed by atoms with Crippen molar-refractivity contribution in [3.8, 4) is 0 Å². The van der Waals surface area contributed by atoms with Crippen LogP contribution in [0, 0.1) is 5.92 Å². The molecule has 1 unspecified atom stereocenters. The van der Waals surface area contributed by atoms with Gasteiger partial charge >= 0.3 is 0 Å². The fourth-order valence-electron chi connectivity index (χ4n) is 0.898. The summed E-state index contributed by atoms with van der Waals surface area (Å²) in [5, 5.41) is 3.11. The van der Waals surface area contributed by atoms with Gasteiger partial charge in [-0.2, -0.15) is 0 Å². The van der Waals surface area contributed by atoms with Gasteiger partial charge in [0.25, 0.3) is 0 Å². The van der Waals surface area contributed by atoms with E-state index in [0.717, 1.165) is 0 Å². The molecular weight excluding hydrogens is 210 g/mol. The number of sulfone groups is 1. The second kappa shape index (κ2) is 5.83. The fraction of sp³-hybridized carbons (Fsp3) is 1.00. The highest BCUT2D eigenvalue weighted by Crippen LogP contribution is 2.02. The molecular formula is C8H18ClNO2S. The molecule has 0 radical (unpaired) electrons. The molecule has 1 N–H and O–H groups in total. The summed E-state index contributed by atoms with van der Waals surface area (Å²) in [4.78, 5) is 0. The Morgan fingerprint density at radius 2 is 1.92 bits per heavy atom. The Bertz CT molecular complexity index is 226. The lowest BCUT2D eigenvalue weighted by molar-refractivity contribution is 0.441. The first kappa shape index (κ1) is 13.2. The van der Waals surface area contributed by atoms with Crippen molar-refractivity contribution in [3.05, 3.63) is 0 Å². The Kier molecular flexibility index (Phi) is 5.92. The molecule has 0 aromatic heterocycles. The predicted octanol–water partition coefficient (Wildman–Crippen LogP) is 0.884. The summed E-state index contributed by atoms with van der Waals surface area (Å²) in [5.74, 6) is 1.12. The molecule has 0 bridgehead atoms. The van der Waals surface area contributed by atoms with Gasteiger partial charge < -0.3 is 5.32 Å². The number of hydrogen-bond acceptors (Lipinski definition) is 3. The van der Waals surface area contributed by atoms with E-state index in [4.69, 9.17) is 11.6 Å². The third-order valence-electron chi connectivity index (χ3n) is 1.85. The summed E-state index contributed by atoms with van der Waals surface area (Å²) in [6.07, 6.45) is 1.24. The molecule has 0 aromatic carbocycles. The number of alkyl halides is 1. The maximum atomic E-state index is 10.8. The van der Waals surface area contributed by atoms with Crippen LogP contribution in [0.2, 0.25) is 0 Å². The van der Waals surface area contributed by atoms with Crippen LogP contribution in [-0.4, -0.2) is 38.9 Å². The molecule has 80 valence electrons. The van der Waals surface area contributed by atoms with Crippen LogP contribution >= 0.6 is 11.6 Å². The highest BCUT2D eigenvalue weighted by atomic mass is 35.5. The minimum atomic E-state index is -2.86. The standard InChI is InChI=1S/C8H18ClNO2S/c1-7(2)8(6-9)10-4-5-13(3,11)12/h7-8,10H,4-6H2,1-3H3. The molecule has 0 aliphatic carbocycles. The van der Waals surface area contributed by atoms with Crippen LogP contribution in [0.1, 0.15) is 13.8 Å². The highest BCUT2D eigenvalue weighted by Gasteiger charge is 2.11. The van der Waals surface area contributed by atoms with Crippen LogP contribution < -0.4 is 5.32 Å². The van der Waals surface area contributed by atoms with E-state index >= 15 is 0 Å². The van der Waals surface area contributed by atoms with Crippen LogP contribution in [-0.2, 0) is 9.84 Å². The number of hydrogen-bond donors (Lipinski definition) is 1. The normalized spacial score (nSPS) is 14.8. The van der Waals surface area contributed by atoms with Crippen molar-refractivity contribution in [3.63, 3.8) is 0 Å². The minimum Gasteiger partial charge on any atom is -0.312 e. The molecule has 0 saturated carbocycles. The first-order valence-electron chi connectivity index (χ1n) is 4.34. The summed E-state index contributed by atoms with van der Waals surface area (Å²) in [7, 11) is -2.86. The Morgan fingerprint density at radius 1 is 1.38 bits per heavy atom. The highest BCUT2D eigenvalue weighted by molar-refractivity contribution is 7.90. The van der Waals surface area contributed by atoms with E-state index in [1.54, 1.807) is 0 Å². The number of rotatable bonds is 6.